The predicted molar refractivity (Wildman–Crippen MR) is 349 cm³/mol. The molecule has 516 valence electrons. The molecular formula is C68H132O17P2. The van der Waals surface area contributed by atoms with E-state index >= 15 is 0 Å². The van der Waals surface area contributed by atoms with Gasteiger partial charge in [0, 0.05) is 25.7 Å². The fourth-order valence-electron chi connectivity index (χ4n) is 10.2. The molecule has 2 unspecified atom stereocenters. The number of ether oxygens (including phenoxy) is 4. The molecule has 0 radical (unpaired) electrons. The van der Waals surface area contributed by atoms with Crippen molar-refractivity contribution in [2.75, 3.05) is 39.6 Å². The molecule has 0 bridgehead atoms. The second-order valence-electron chi connectivity index (χ2n) is 26.0. The van der Waals surface area contributed by atoms with Gasteiger partial charge in [0.25, 0.3) is 0 Å². The average molecular weight is 1280 g/mol. The largest absolute Gasteiger partial charge is 0.472 e. The van der Waals surface area contributed by atoms with E-state index in [4.69, 9.17) is 37.0 Å². The monoisotopic (exact) mass is 1280 g/mol. The highest BCUT2D eigenvalue weighted by atomic mass is 31.2. The minimum Gasteiger partial charge on any atom is -0.462 e. The van der Waals surface area contributed by atoms with E-state index in [-0.39, 0.29) is 25.7 Å². The summed E-state index contributed by atoms with van der Waals surface area (Å²) in [5, 5.41) is 10.6. The van der Waals surface area contributed by atoms with Gasteiger partial charge in [-0.05, 0) is 43.4 Å². The molecule has 3 N–H and O–H groups in total. The fraction of sp³-hybridized carbons (Fsp3) is 0.941. The summed E-state index contributed by atoms with van der Waals surface area (Å²) in [5.74, 6) is -0.0144. The number of hydrogen-bond acceptors (Lipinski definition) is 15. The van der Waals surface area contributed by atoms with Gasteiger partial charge in [-0.3, -0.25) is 37.3 Å². The second-order valence-corrected chi connectivity index (χ2v) is 28.9. The van der Waals surface area contributed by atoms with Crippen LogP contribution in [0.2, 0.25) is 0 Å². The van der Waals surface area contributed by atoms with Gasteiger partial charge in [-0.1, -0.05) is 286 Å². The number of hydrogen-bond donors (Lipinski definition) is 3. The highest BCUT2D eigenvalue weighted by Crippen LogP contribution is 2.45. The molecule has 0 fully saturated rings. The van der Waals surface area contributed by atoms with Crippen molar-refractivity contribution in [3.05, 3.63) is 0 Å². The lowest BCUT2D eigenvalue weighted by Crippen LogP contribution is -2.30. The van der Waals surface area contributed by atoms with E-state index < -0.39 is 97.5 Å². The first-order chi connectivity index (χ1) is 41.7. The van der Waals surface area contributed by atoms with Gasteiger partial charge in [-0.2, -0.15) is 0 Å². The van der Waals surface area contributed by atoms with Crippen molar-refractivity contribution in [3.63, 3.8) is 0 Å². The summed E-state index contributed by atoms with van der Waals surface area (Å²) in [4.78, 5) is 72.4. The Morgan fingerprint density at radius 3 is 0.782 bits per heavy atom. The third-order valence-corrected chi connectivity index (χ3v) is 17.5. The Labute approximate surface area is 530 Å². The minimum atomic E-state index is -4.95. The Morgan fingerprint density at radius 2 is 0.529 bits per heavy atom. The van der Waals surface area contributed by atoms with Crippen LogP contribution < -0.4 is 0 Å². The van der Waals surface area contributed by atoms with Gasteiger partial charge >= 0.3 is 39.5 Å². The van der Waals surface area contributed by atoms with Gasteiger partial charge in [-0.15, -0.1) is 0 Å². The van der Waals surface area contributed by atoms with Crippen LogP contribution in [0.3, 0.4) is 0 Å². The van der Waals surface area contributed by atoms with Crippen molar-refractivity contribution in [3.8, 4) is 0 Å². The number of unbranched alkanes of at least 4 members (excludes halogenated alkanes) is 34. The highest BCUT2D eigenvalue weighted by molar-refractivity contribution is 7.47. The number of rotatable bonds is 66. The van der Waals surface area contributed by atoms with E-state index in [0.29, 0.717) is 37.5 Å². The van der Waals surface area contributed by atoms with Crippen LogP contribution in [0.4, 0.5) is 0 Å². The van der Waals surface area contributed by atoms with E-state index in [0.717, 1.165) is 102 Å². The zero-order chi connectivity index (χ0) is 64.5. The lowest BCUT2D eigenvalue weighted by atomic mass is 10.0. The molecule has 0 saturated carbocycles. The third-order valence-electron chi connectivity index (χ3n) is 15.6. The van der Waals surface area contributed by atoms with Crippen LogP contribution in [-0.4, -0.2) is 96.7 Å². The number of esters is 4. The second kappa shape index (κ2) is 59.1. The first-order valence-corrected chi connectivity index (χ1v) is 38.3. The number of phosphoric acid groups is 2. The van der Waals surface area contributed by atoms with Gasteiger partial charge in [0.1, 0.15) is 19.3 Å². The van der Waals surface area contributed by atoms with Crippen molar-refractivity contribution in [2.24, 2.45) is 17.8 Å². The molecule has 0 amide bonds. The fourth-order valence-corrected chi connectivity index (χ4v) is 11.8. The standard InChI is InChI=1S/C68H132O17P2/c1-8-9-10-11-12-13-14-15-16-17-20-24-27-37-44-51-67(72)84-63(55-78-65(70)49-42-35-26-23-21-18-19-22-25-32-39-46-59(2)3)57-82-86(74,75)80-53-62(69)54-81-87(76,77)83-58-64(85-68(73)52-45-38-31-29-34-41-48-61(6)7)56-79-66(71)50-43-36-30-28-33-40-47-60(4)5/h59-64,69H,8-58H2,1-7H3,(H,74,75)(H,76,77)/t62-,63-,64-/m1/s1. The molecule has 0 spiro atoms. The molecule has 0 aromatic rings. The van der Waals surface area contributed by atoms with E-state index in [1.807, 2.05) is 0 Å². The van der Waals surface area contributed by atoms with E-state index in [1.165, 1.54) is 141 Å². The molecule has 0 aliphatic carbocycles. The molecule has 17 nitrogen and oxygen atoms in total. The molecule has 0 saturated heterocycles. The van der Waals surface area contributed by atoms with Crippen molar-refractivity contribution in [2.45, 2.75) is 356 Å². The maximum atomic E-state index is 13.0. The molecule has 19 heteroatoms. The van der Waals surface area contributed by atoms with E-state index in [2.05, 4.69) is 48.5 Å². The third kappa shape index (κ3) is 62.6. The predicted octanol–water partition coefficient (Wildman–Crippen LogP) is 19.1. The van der Waals surface area contributed by atoms with Gasteiger partial charge in [0.2, 0.25) is 0 Å². The first kappa shape index (κ1) is 85.1. The summed E-state index contributed by atoms with van der Waals surface area (Å²) in [6.07, 6.45) is 42.0. The highest BCUT2D eigenvalue weighted by Gasteiger charge is 2.30. The quantitative estimate of drug-likeness (QED) is 0.0222. The molecule has 0 heterocycles. The molecule has 0 rings (SSSR count). The van der Waals surface area contributed by atoms with Gasteiger partial charge in [0.15, 0.2) is 12.2 Å². The summed E-state index contributed by atoms with van der Waals surface area (Å²) in [6.45, 7) is 11.7. The molecule has 0 aliphatic heterocycles. The van der Waals surface area contributed by atoms with Crippen LogP contribution in [0.5, 0.6) is 0 Å². The van der Waals surface area contributed by atoms with Crippen LogP contribution >= 0.6 is 15.6 Å². The van der Waals surface area contributed by atoms with E-state index in [9.17, 15) is 43.2 Å². The summed E-state index contributed by atoms with van der Waals surface area (Å²) in [6, 6.07) is 0. The van der Waals surface area contributed by atoms with Gasteiger partial charge in [0.05, 0.1) is 26.4 Å². The first-order valence-electron chi connectivity index (χ1n) is 35.3. The Morgan fingerprint density at radius 1 is 0.310 bits per heavy atom. The van der Waals surface area contributed by atoms with Crippen LogP contribution in [0.1, 0.15) is 337 Å². The van der Waals surface area contributed by atoms with Crippen molar-refractivity contribution in [1.29, 1.82) is 0 Å². The number of aliphatic hydroxyl groups excluding tert-OH is 1. The average Bonchev–Trinajstić information content (AvgIpc) is 3.67. The normalized spacial score (nSPS) is 14.3. The molecule has 5 atom stereocenters. The van der Waals surface area contributed by atoms with Crippen molar-refractivity contribution in [1.82, 2.24) is 0 Å². The Hall–Kier alpha value is -1.94. The van der Waals surface area contributed by atoms with E-state index in [1.54, 1.807) is 0 Å². The Balaban J connectivity index is 5.23. The number of carbonyl (C=O) groups excluding carboxylic acids is 4. The Bertz CT molecular complexity index is 1720. The van der Waals surface area contributed by atoms with Crippen molar-refractivity contribution >= 4 is 39.5 Å². The zero-order valence-corrected chi connectivity index (χ0v) is 58.3. The molecular weight excluding hydrogens is 1150 g/mol. The summed E-state index contributed by atoms with van der Waals surface area (Å²) < 4.78 is 68.1. The zero-order valence-electron chi connectivity index (χ0n) is 56.5. The number of phosphoric ester groups is 2. The molecule has 0 aromatic carbocycles. The Kier molecular flexibility index (Phi) is 57.8. The van der Waals surface area contributed by atoms with Crippen LogP contribution in [0, 0.1) is 17.8 Å². The molecule has 0 aliphatic rings. The van der Waals surface area contributed by atoms with Crippen molar-refractivity contribution < 1.29 is 80.2 Å². The van der Waals surface area contributed by atoms with Crippen LogP contribution in [0.15, 0.2) is 0 Å². The SMILES string of the molecule is CCCCCCCCCCCCCCCCCC(=O)O[C@H](COC(=O)CCCCCCCCCCCCCC(C)C)COP(=O)(O)OC[C@@H](O)COP(=O)(O)OC[C@@H](COC(=O)CCCCCCCCC(C)C)OC(=O)CCCCCCCCC(C)C. The summed E-state index contributed by atoms with van der Waals surface area (Å²) >= 11 is 0. The topological polar surface area (TPSA) is 237 Å². The smallest absolute Gasteiger partial charge is 0.462 e. The summed E-state index contributed by atoms with van der Waals surface area (Å²) in [7, 11) is -9.89. The minimum absolute atomic E-state index is 0.101. The lowest BCUT2D eigenvalue weighted by Gasteiger charge is -2.21. The lowest BCUT2D eigenvalue weighted by molar-refractivity contribution is -0.161. The molecule has 87 heavy (non-hydrogen) atoms. The molecule has 0 aromatic heterocycles. The summed E-state index contributed by atoms with van der Waals surface area (Å²) in [5.41, 5.74) is 0. The number of carbonyl (C=O) groups is 4. The maximum absolute atomic E-state index is 13.0. The van der Waals surface area contributed by atoms with Crippen LogP contribution in [-0.2, 0) is 65.4 Å². The number of aliphatic hydroxyl groups is 1. The van der Waals surface area contributed by atoms with Gasteiger partial charge < -0.3 is 33.8 Å². The maximum Gasteiger partial charge on any atom is 0.472 e. The van der Waals surface area contributed by atoms with Gasteiger partial charge in [-0.25, -0.2) is 9.13 Å². The van der Waals surface area contributed by atoms with Crippen LogP contribution in [0.25, 0.3) is 0 Å².